The van der Waals surface area contributed by atoms with Gasteiger partial charge < -0.3 is 10.6 Å². The van der Waals surface area contributed by atoms with Crippen LogP contribution in [0.15, 0.2) is 12.3 Å². The number of anilines is 1. The quantitative estimate of drug-likeness (QED) is 0.776. The summed E-state index contributed by atoms with van der Waals surface area (Å²) in [6.07, 6.45) is 6.67. The lowest BCUT2D eigenvalue weighted by atomic mass is 10.2. The number of unbranched alkanes of at least 4 members (excludes halogenated alkanes) is 2. The van der Waals surface area contributed by atoms with E-state index in [0.29, 0.717) is 30.7 Å². The van der Waals surface area contributed by atoms with Crippen molar-refractivity contribution in [1.29, 1.82) is 0 Å². The fraction of sp³-hybridized carbons (Fsp3) is 0.688. The Hall–Kier alpha value is -1.69. The molecule has 1 amide bonds. The molecule has 0 aliphatic carbocycles. The second kappa shape index (κ2) is 8.08. The number of carbonyl (C=O) groups excluding carboxylic acids is 1. The highest BCUT2D eigenvalue weighted by Crippen LogP contribution is 2.17. The molecule has 0 bridgehead atoms. The van der Waals surface area contributed by atoms with E-state index in [1.54, 1.807) is 12.3 Å². The van der Waals surface area contributed by atoms with E-state index in [-0.39, 0.29) is 0 Å². The zero-order chi connectivity index (χ0) is 15.9. The largest absolute Gasteiger partial charge is 0.384 e. The van der Waals surface area contributed by atoms with Gasteiger partial charge in [0, 0.05) is 31.7 Å². The van der Waals surface area contributed by atoms with Crippen LogP contribution in [0, 0.1) is 0 Å². The molecule has 1 fully saturated rings. The number of likely N-dealkylation sites (tertiary alicyclic amines) is 1. The average molecular weight is 305 g/mol. The van der Waals surface area contributed by atoms with E-state index < -0.39 is 0 Å². The van der Waals surface area contributed by atoms with Gasteiger partial charge in [-0.15, -0.1) is 0 Å². The highest BCUT2D eigenvalue weighted by Gasteiger charge is 2.28. The number of nitrogen functional groups attached to an aromatic ring is 1. The van der Waals surface area contributed by atoms with Gasteiger partial charge in [0.15, 0.2) is 0 Å². The van der Waals surface area contributed by atoms with Crippen molar-refractivity contribution in [3.05, 3.63) is 18.1 Å². The van der Waals surface area contributed by atoms with Gasteiger partial charge in [-0.3, -0.25) is 9.69 Å². The molecular weight excluding hydrogens is 278 g/mol. The summed E-state index contributed by atoms with van der Waals surface area (Å²) in [6.45, 7) is 4.48. The fourth-order valence-corrected chi connectivity index (χ4v) is 2.86. The SMILES string of the molecule is CCCCCC(=O)N1CC[C@H](N(C)Cc2nccc(N)n2)C1. The molecular formula is C16H27N5O. The molecule has 0 saturated carbocycles. The Morgan fingerprint density at radius 3 is 3.05 bits per heavy atom. The molecule has 22 heavy (non-hydrogen) atoms. The number of nitrogens with zero attached hydrogens (tertiary/aromatic N) is 4. The molecule has 122 valence electrons. The number of carbonyl (C=O) groups is 1. The molecule has 1 aromatic rings. The Kier molecular flexibility index (Phi) is 6.12. The topological polar surface area (TPSA) is 75.4 Å². The smallest absolute Gasteiger partial charge is 0.222 e. The Bertz CT molecular complexity index is 493. The van der Waals surface area contributed by atoms with Crippen molar-refractivity contribution in [3.8, 4) is 0 Å². The number of rotatable bonds is 7. The summed E-state index contributed by atoms with van der Waals surface area (Å²) in [4.78, 5) is 24.8. The number of hydrogen-bond donors (Lipinski definition) is 1. The maximum atomic E-state index is 12.2. The summed E-state index contributed by atoms with van der Waals surface area (Å²) in [7, 11) is 2.06. The van der Waals surface area contributed by atoms with Crippen LogP contribution in [0.1, 0.15) is 44.9 Å². The van der Waals surface area contributed by atoms with E-state index in [0.717, 1.165) is 44.6 Å². The summed E-state index contributed by atoms with van der Waals surface area (Å²) in [6, 6.07) is 2.07. The van der Waals surface area contributed by atoms with E-state index in [1.807, 2.05) is 4.90 Å². The van der Waals surface area contributed by atoms with Gasteiger partial charge in [0.1, 0.15) is 11.6 Å². The summed E-state index contributed by atoms with van der Waals surface area (Å²) >= 11 is 0. The van der Waals surface area contributed by atoms with Gasteiger partial charge in [-0.2, -0.15) is 0 Å². The molecule has 6 nitrogen and oxygen atoms in total. The monoisotopic (exact) mass is 305 g/mol. The highest BCUT2D eigenvalue weighted by atomic mass is 16.2. The molecule has 0 spiro atoms. The van der Waals surface area contributed by atoms with Gasteiger partial charge in [0.25, 0.3) is 0 Å². The molecule has 2 rings (SSSR count). The number of hydrogen-bond acceptors (Lipinski definition) is 5. The van der Waals surface area contributed by atoms with Crippen LogP contribution in [0.5, 0.6) is 0 Å². The van der Waals surface area contributed by atoms with Crippen LogP contribution < -0.4 is 5.73 Å². The molecule has 1 aliphatic rings. The Morgan fingerprint density at radius 2 is 2.32 bits per heavy atom. The predicted octanol–water partition coefficient (Wildman–Crippen LogP) is 1.67. The normalized spacial score (nSPS) is 18.1. The summed E-state index contributed by atoms with van der Waals surface area (Å²) < 4.78 is 0. The lowest BCUT2D eigenvalue weighted by Gasteiger charge is -2.24. The van der Waals surface area contributed by atoms with E-state index in [2.05, 4.69) is 28.8 Å². The van der Waals surface area contributed by atoms with Crippen molar-refractivity contribution in [1.82, 2.24) is 19.8 Å². The molecule has 1 atom stereocenters. The van der Waals surface area contributed by atoms with Gasteiger partial charge in [0.2, 0.25) is 5.91 Å². The minimum atomic E-state index is 0.296. The van der Waals surface area contributed by atoms with E-state index in [9.17, 15) is 4.79 Å². The second-order valence-corrected chi connectivity index (χ2v) is 6.05. The van der Waals surface area contributed by atoms with Crippen molar-refractivity contribution < 1.29 is 4.79 Å². The molecule has 0 aromatic carbocycles. The molecule has 1 aromatic heterocycles. The standard InChI is InChI=1S/C16H27N5O/c1-3-4-5-6-16(22)21-10-8-13(11-21)20(2)12-15-18-9-7-14(17)19-15/h7,9,13H,3-6,8,10-12H2,1-2H3,(H2,17,18,19)/t13-/m0/s1. The fourth-order valence-electron chi connectivity index (χ4n) is 2.86. The van der Waals surface area contributed by atoms with Crippen LogP contribution in [0.4, 0.5) is 5.82 Å². The molecule has 0 radical (unpaired) electrons. The summed E-state index contributed by atoms with van der Waals surface area (Å²) in [5.41, 5.74) is 5.68. The first-order valence-corrected chi connectivity index (χ1v) is 8.15. The van der Waals surface area contributed by atoms with Crippen LogP contribution in [0.3, 0.4) is 0 Å². The van der Waals surface area contributed by atoms with Crippen LogP contribution in [0.25, 0.3) is 0 Å². The van der Waals surface area contributed by atoms with Crippen LogP contribution in [0.2, 0.25) is 0 Å². The predicted molar refractivity (Wildman–Crippen MR) is 87.0 cm³/mol. The molecule has 2 N–H and O–H groups in total. The minimum Gasteiger partial charge on any atom is -0.384 e. The summed E-state index contributed by atoms with van der Waals surface area (Å²) in [5, 5.41) is 0. The van der Waals surface area contributed by atoms with E-state index in [1.165, 1.54) is 0 Å². The zero-order valence-electron chi connectivity index (χ0n) is 13.7. The second-order valence-electron chi connectivity index (χ2n) is 6.05. The average Bonchev–Trinajstić information content (AvgIpc) is 2.97. The lowest BCUT2D eigenvalue weighted by molar-refractivity contribution is -0.130. The van der Waals surface area contributed by atoms with Crippen LogP contribution >= 0.6 is 0 Å². The van der Waals surface area contributed by atoms with Crippen LogP contribution in [-0.2, 0) is 11.3 Å². The number of amides is 1. The third-order valence-corrected chi connectivity index (χ3v) is 4.25. The van der Waals surface area contributed by atoms with E-state index >= 15 is 0 Å². The third-order valence-electron chi connectivity index (χ3n) is 4.25. The molecule has 2 heterocycles. The molecule has 1 aliphatic heterocycles. The van der Waals surface area contributed by atoms with Gasteiger partial charge in [0.05, 0.1) is 6.54 Å². The number of nitrogens with two attached hydrogens (primary N) is 1. The van der Waals surface area contributed by atoms with E-state index in [4.69, 9.17) is 5.73 Å². The van der Waals surface area contributed by atoms with Gasteiger partial charge in [-0.05, 0) is 26.0 Å². The highest BCUT2D eigenvalue weighted by molar-refractivity contribution is 5.76. The third kappa shape index (κ3) is 4.66. The minimum absolute atomic E-state index is 0.296. The Balaban J connectivity index is 1.80. The van der Waals surface area contributed by atoms with Crippen molar-refractivity contribution in [2.45, 2.75) is 51.6 Å². The van der Waals surface area contributed by atoms with Crippen molar-refractivity contribution >= 4 is 11.7 Å². The number of likely N-dealkylation sites (N-methyl/N-ethyl adjacent to an activating group) is 1. The first kappa shape index (κ1) is 16.7. The molecule has 6 heteroatoms. The maximum Gasteiger partial charge on any atom is 0.222 e. The molecule has 0 unspecified atom stereocenters. The van der Waals surface area contributed by atoms with Gasteiger partial charge >= 0.3 is 0 Å². The van der Waals surface area contributed by atoms with Crippen LogP contribution in [-0.4, -0.2) is 51.9 Å². The first-order valence-electron chi connectivity index (χ1n) is 8.15. The van der Waals surface area contributed by atoms with Crippen molar-refractivity contribution in [2.75, 3.05) is 25.9 Å². The zero-order valence-corrected chi connectivity index (χ0v) is 13.7. The Labute approximate surface area is 132 Å². The maximum absolute atomic E-state index is 12.2. The van der Waals surface area contributed by atoms with Crippen molar-refractivity contribution in [3.63, 3.8) is 0 Å². The van der Waals surface area contributed by atoms with Crippen molar-refractivity contribution in [2.24, 2.45) is 0 Å². The summed E-state index contributed by atoms with van der Waals surface area (Å²) in [5.74, 6) is 1.53. The number of aromatic nitrogens is 2. The Morgan fingerprint density at radius 1 is 1.50 bits per heavy atom. The first-order chi connectivity index (χ1) is 10.6. The lowest BCUT2D eigenvalue weighted by Crippen LogP contribution is -2.36. The van der Waals surface area contributed by atoms with Gasteiger partial charge in [-0.1, -0.05) is 19.8 Å². The molecule has 1 saturated heterocycles. The van der Waals surface area contributed by atoms with Gasteiger partial charge in [-0.25, -0.2) is 9.97 Å².